The third-order valence-corrected chi connectivity index (χ3v) is 4.50. The number of halogens is 2. The monoisotopic (exact) mass is 349 g/mol. The largest absolute Gasteiger partial charge is 0.379 e. The molecule has 0 atom stereocenters. The van der Waals surface area contributed by atoms with E-state index >= 15 is 0 Å². The van der Waals surface area contributed by atoms with Crippen molar-refractivity contribution in [2.75, 3.05) is 26.3 Å². The minimum Gasteiger partial charge on any atom is -0.379 e. The molecule has 2 aromatic rings. The SMILES string of the molecule is O=C(c1cc(Cl)ccc1Cl)c1ccccc1CN1CCOCC1. The highest BCUT2D eigenvalue weighted by Gasteiger charge is 2.19. The maximum absolute atomic E-state index is 12.9. The Bertz CT molecular complexity index is 712. The molecule has 3 rings (SSSR count). The van der Waals surface area contributed by atoms with Crippen LogP contribution < -0.4 is 0 Å². The predicted octanol–water partition coefficient (Wildman–Crippen LogP) is 4.06. The molecule has 23 heavy (non-hydrogen) atoms. The van der Waals surface area contributed by atoms with Crippen molar-refractivity contribution in [1.29, 1.82) is 0 Å². The maximum Gasteiger partial charge on any atom is 0.194 e. The van der Waals surface area contributed by atoms with Crippen molar-refractivity contribution in [3.05, 3.63) is 69.2 Å². The fraction of sp³-hybridized carbons (Fsp3) is 0.278. The third kappa shape index (κ3) is 3.93. The van der Waals surface area contributed by atoms with Gasteiger partial charge in [0.05, 0.1) is 18.2 Å². The van der Waals surface area contributed by atoms with Crippen LogP contribution >= 0.6 is 23.2 Å². The summed E-state index contributed by atoms with van der Waals surface area (Å²) in [6.07, 6.45) is 0. The lowest BCUT2D eigenvalue weighted by Gasteiger charge is -2.27. The Morgan fingerprint density at radius 1 is 1.04 bits per heavy atom. The lowest BCUT2D eigenvalue weighted by atomic mass is 9.98. The van der Waals surface area contributed by atoms with Crippen molar-refractivity contribution in [3.8, 4) is 0 Å². The second kappa shape index (κ2) is 7.45. The number of carbonyl (C=O) groups excluding carboxylic acids is 1. The first-order valence-electron chi connectivity index (χ1n) is 7.53. The molecule has 1 fully saturated rings. The predicted molar refractivity (Wildman–Crippen MR) is 92.4 cm³/mol. The van der Waals surface area contributed by atoms with E-state index < -0.39 is 0 Å². The fourth-order valence-electron chi connectivity index (χ4n) is 2.70. The smallest absolute Gasteiger partial charge is 0.194 e. The van der Waals surface area contributed by atoms with Crippen LogP contribution in [0.25, 0.3) is 0 Å². The van der Waals surface area contributed by atoms with Gasteiger partial charge in [-0.3, -0.25) is 9.69 Å². The molecule has 5 heteroatoms. The van der Waals surface area contributed by atoms with Crippen LogP contribution in [-0.2, 0) is 11.3 Å². The van der Waals surface area contributed by atoms with Crippen LogP contribution in [0.2, 0.25) is 10.0 Å². The minimum absolute atomic E-state index is 0.0960. The molecule has 1 aliphatic heterocycles. The molecular formula is C18H17Cl2NO2. The molecule has 0 unspecified atom stereocenters. The van der Waals surface area contributed by atoms with Gasteiger partial charge >= 0.3 is 0 Å². The van der Waals surface area contributed by atoms with Gasteiger partial charge in [-0.1, -0.05) is 47.5 Å². The van der Waals surface area contributed by atoms with Gasteiger partial charge in [0, 0.05) is 35.8 Å². The fourth-order valence-corrected chi connectivity index (χ4v) is 3.07. The van der Waals surface area contributed by atoms with Crippen LogP contribution in [-0.4, -0.2) is 37.0 Å². The zero-order chi connectivity index (χ0) is 16.2. The average molecular weight is 350 g/mol. The molecule has 1 saturated heterocycles. The summed E-state index contributed by atoms with van der Waals surface area (Å²) in [4.78, 5) is 15.2. The van der Waals surface area contributed by atoms with Crippen molar-refractivity contribution in [3.63, 3.8) is 0 Å². The second-order valence-corrected chi connectivity index (χ2v) is 6.34. The Kier molecular flexibility index (Phi) is 5.34. The molecule has 0 aliphatic carbocycles. The lowest BCUT2D eigenvalue weighted by Crippen LogP contribution is -2.36. The van der Waals surface area contributed by atoms with E-state index in [1.165, 1.54) is 0 Å². The Labute approximate surface area is 145 Å². The number of morpholine rings is 1. The summed E-state index contributed by atoms with van der Waals surface area (Å²) >= 11 is 12.2. The molecule has 120 valence electrons. The maximum atomic E-state index is 12.9. The number of rotatable bonds is 4. The zero-order valence-corrected chi connectivity index (χ0v) is 14.1. The number of ether oxygens (including phenoxy) is 1. The van der Waals surface area contributed by atoms with E-state index in [0.717, 1.165) is 38.4 Å². The van der Waals surface area contributed by atoms with E-state index in [1.807, 2.05) is 24.3 Å². The van der Waals surface area contributed by atoms with Gasteiger partial charge in [0.15, 0.2) is 5.78 Å². The van der Waals surface area contributed by atoms with Gasteiger partial charge in [-0.25, -0.2) is 0 Å². The first-order valence-corrected chi connectivity index (χ1v) is 8.28. The van der Waals surface area contributed by atoms with Gasteiger partial charge in [0.1, 0.15) is 0 Å². The van der Waals surface area contributed by atoms with Gasteiger partial charge in [0.25, 0.3) is 0 Å². The molecule has 1 aliphatic rings. The molecule has 0 saturated carbocycles. The minimum atomic E-state index is -0.0960. The number of hydrogen-bond acceptors (Lipinski definition) is 3. The van der Waals surface area contributed by atoms with Crippen LogP contribution in [0.15, 0.2) is 42.5 Å². The third-order valence-electron chi connectivity index (χ3n) is 3.93. The summed E-state index contributed by atoms with van der Waals surface area (Å²) in [7, 11) is 0. The summed E-state index contributed by atoms with van der Waals surface area (Å²) in [5, 5.41) is 0.920. The standard InChI is InChI=1S/C18H17Cl2NO2/c19-14-5-6-17(20)16(11-14)18(22)15-4-2-1-3-13(15)12-21-7-9-23-10-8-21/h1-6,11H,7-10,12H2. The highest BCUT2D eigenvalue weighted by Crippen LogP contribution is 2.25. The van der Waals surface area contributed by atoms with Gasteiger partial charge in [-0.2, -0.15) is 0 Å². The molecule has 0 radical (unpaired) electrons. The highest BCUT2D eigenvalue weighted by atomic mass is 35.5. The van der Waals surface area contributed by atoms with Crippen LogP contribution in [0.3, 0.4) is 0 Å². The van der Waals surface area contributed by atoms with Gasteiger partial charge < -0.3 is 4.74 Å². The van der Waals surface area contributed by atoms with E-state index in [4.69, 9.17) is 27.9 Å². The number of benzene rings is 2. The van der Waals surface area contributed by atoms with Crippen LogP contribution in [0.1, 0.15) is 21.5 Å². The summed E-state index contributed by atoms with van der Waals surface area (Å²) in [5.41, 5.74) is 2.10. The normalized spacial score (nSPS) is 15.6. The highest BCUT2D eigenvalue weighted by molar-refractivity contribution is 6.36. The molecule has 0 spiro atoms. The summed E-state index contributed by atoms with van der Waals surface area (Å²) < 4.78 is 5.37. The van der Waals surface area contributed by atoms with Crippen LogP contribution in [0.5, 0.6) is 0 Å². The van der Waals surface area contributed by atoms with Crippen LogP contribution in [0, 0.1) is 0 Å². The Balaban J connectivity index is 1.90. The molecule has 0 bridgehead atoms. The zero-order valence-electron chi connectivity index (χ0n) is 12.6. The van der Waals surface area contributed by atoms with Crippen molar-refractivity contribution in [1.82, 2.24) is 4.90 Å². The van der Waals surface area contributed by atoms with E-state index in [-0.39, 0.29) is 5.78 Å². The van der Waals surface area contributed by atoms with Crippen molar-refractivity contribution >= 4 is 29.0 Å². The van der Waals surface area contributed by atoms with Gasteiger partial charge in [0.2, 0.25) is 0 Å². The first kappa shape index (κ1) is 16.5. The Morgan fingerprint density at radius 3 is 2.57 bits per heavy atom. The second-order valence-electron chi connectivity index (χ2n) is 5.50. The molecule has 3 nitrogen and oxygen atoms in total. The summed E-state index contributed by atoms with van der Waals surface area (Å²) in [6.45, 7) is 3.94. The average Bonchev–Trinajstić information content (AvgIpc) is 2.58. The number of ketones is 1. The Morgan fingerprint density at radius 2 is 1.78 bits per heavy atom. The van der Waals surface area contributed by atoms with Crippen molar-refractivity contribution in [2.45, 2.75) is 6.54 Å². The number of hydrogen-bond donors (Lipinski definition) is 0. The molecule has 0 aromatic heterocycles. The van der Waals surface area contributed by atoms with E-state index in [2.05, 4.69) is 4.90 Å². The van der Waals surface area contributed by atoms with E-state index in [1.54, 1.807) is 18.2 Å². The number of nitrogens with zero attached hydrogens (tertiary/aromatic N) is 1. The van der Waals surface area contributed by atoms with E-state index in [0.29, 0.717) is 21.2 Å². The Hall–Kier alpha value is -1.39. The summed E-state index contributed by atoms with van der Waals surface area (Å²) in [5.74, 6) is -0.0960. The molecular weight excluding hydrogens is 333 g/mol. The van der Waals surface area contributed by atoms with Gasteiger partial charge in [-0.15, -0.1) is 0 Å². The first-order chi connectivity index (χ1) is 11.1. The van der Waals surface area contributed by atoms with E-state index in [9.17, 15) is 4.79 Å². The van der Waals surface area contributed by atoms with Crippen LogP contribution in [0.4, 0.5) is 0 Å². The topological polar surface area (TPSA) is 29.5 Å². The molecule has 0 N–H and O–H groups in total. The molecule has 0 amide bonds. The molecule has 2 aromatic carbocycles. The molecule has 1 heterocycles. The summed E-state index contributed by atoms with van der Waals surface area (Å²) in [6, 6.07) is 12.6. The van der Waals surface area contributed by atoms with Gasteiger partial charge in [-0.05, 0) is 23.8 Å². The lowest BCUT2D eigenvalue weighted by molar-refractivity contribution is 0.0341. The quantitative estimate of drug-likeness (QED) is 0.779. The van der Waals surface area contributed by atoms with Crippen molar-refractivity contribution in [2.24, 2.45) is 0 Å². The number of carbonyl (C=O) groups is 1. The van der Waals surface area contributed by atoms with Crippen molar-refractivity contribution < 1.29 is 9.53 Å².